The van der Waals surface area contributed by atoms with E-state index in [-0.39, 0.29) is 18.1 Å². The number of aromatic nitrogens is 3. The molecule has 0 atom stereocenters. The van der Waals surface area contributed by atoms with Gasteiger partial charge in [0.1, 0.15) is 9.90 Å². The topological polar surface area (TPSA) is 96.7 Å². The molecule has 0 spiro atoms. The Morgan fingerprint density at radius 3 is 2.85 bits per heavy atom. The SMILES string of the molecule is O=C(NCc1ccc(S(=O)(=O)N2CCCC2)s1)c1cn2cccnc2n1. The molecule has 136 valence electrons. The number of rotatable bonds is 5. The maximum Gasteiger partial charge on any atom is 0.271 e. The summed E-state index contributed by atoms with van der Waals surface area (Å²) in [6, 6.07) is 5.10. The summed E-state index contributed by atoms with van der Waals surface area (Å²) in [7, 11) is -3.41. The quantitative estimate of drug-likeness (QED) is 0.711. The first kappa shape index (κ1) is 17.1. The highest BCUT2D eigenvalue weighted by Crippen LogP contribution is 2.27. The number of hydrogen-bond acceptors (Lipinski definition) is 6. The number of fused-ring (bicyclic) bond motifs is 1. The molecule has 4 rings (SSSR count). The summed E-state index contributed by atoms with van der Waals surface area (Å²) < 4.78 is 28.6. The molecule has 0 unspecified atom stereocenters. The highest BCUT2D eigenvalue weighted by Gasteiger charge is 2.28. The molecule has 1 aliphatic rings. The van der Waals surface area contributed by atoms with E-state index in [2.05, 4.69) is 15.3 Å². The molecular weight excluding hydrogens is 374 g/mol. The van der Waals surface area contributed by atoms with E-state index in [1.54, 1.807) is 41.2 Å². The molecular formula is C16H17N5O3S2. The second-order valence-corrected chi connectivity index (χ2v) is 9.30. The average Bonchev–Trinajstić information content (AvgIpc) is 3.39. The number of carbonyl (C=O) groups is 1. The van der Waals surface area contributed by atoms with Crippen LogP contribution < -0.4 is 5.32 Å². The Morgan fingerprint density at radius 1 is 1.27 bits per heavy atom. The number of hydrogen-bond donors (Lipinski definition) is 1. The van der Waals surface area contributed by atoms with Crippen molar-refractivity contribution in [2.24, 2.45) is 0 Å². The lowest BCUT2D eigenvalue weighted by molar-refractivity contribution is 0.0947. The fourth-order valence-electron chi connectivity index (χ4n) is 2.84. The van der Waals surface area contributed by atoms with Gasteiger partial charge in [0.15, 0.2) is 0 Å². The van der Waals surface area contributed by atoms with E-state index in [9.17, 15) is 13.2 Å². The predicted octanol–water partition coefficient (Wildman–Crippen LogP) is 1.51. The summed E-state index contributed by atoms with van der Waals surface area (Å²) in [5.41, 5.74) is 0.269. The van der Waals surface area contributed by atoms with Gasteiger partial charge in [-0.25, -0.2) is 18.4 Å². The van der Waals surface area contributed by atoms with E-state index < -0.39 is 10.0 Å². The van der Waals surface area contributed by atoms with Crippen molar-refractivity contribution < 1.29 is 13.2 Å². The highest BCUT2D eigenvalue weighted by atomic mass is 32.2. The number of nitrogens with zero attached hydrogens (tertiary/aromatic N) is 4. The van der Waals surface area contributed by atoms with Crippen LogP contribution in [-0.2, 0) is 16.6 Å². The summed E-state index contributed by atoms with van der Waals surface area (Å²) in [6.45, 7) is 1.41. The molecule has 3 aromatic rings. The van der Waals surface area contributed by atoms with E-state index in [4.69, 9.17) is 0 Å². The molecule has 1 fully saturated rings. The van der Waals surface area contributed by atoms with Gasteiger partial charge in [-0.05, 0) is 31.0 Å². The van der Waals surface area contributed by atoms with Crippen LogP contribution in [0.4, 0.5) is 0 Å². The number of thiophene rings is 1. The van der Waals surface area contributed by atoms with Crippen LogP contribution in [0, 0.1) is 0 Å². The Hall–Kier alpha value is -2.30. The number of carbonyl (C=O) groups excluding carboxylic acids is 1. The lowest BCUT2D eigenvalue weighted by Crippen LogP contribution is -2.27. The molecule has 1 aliphatic heterocycles. The Morgan fingerprint density at radius 2 is 2.08 bits per heavy atom. The minimum atomic E-state index is -3.41. The third-order valence-electron chi connectivity index (χ3n) is 4.19. The molecule has 1 N–H and O–H groups in total. The molecule has 8 nitrogen and oxygen atoms in total. The number of amides is 1. The van der Waals surface area contributed by atoms with Gasteiger partial charge < -0.3 is 5.32 Å². The van der Waals surface area contributed by atoms with E-state index in [1.165, 1.54) is 15.6 Å². The van der Waals surface area contributed by atoms with Crippen molar-refractivity contribution in [3.05, 3.63) is 47.4 Å². The second-order valence-electron chi connectivity index (χ2n) is 5.97. The van der Waals surface area contributed by atoms with Crippen LogP contribution in [0.2, 0.25) is 0 Å². The van der Waals surface area contributed by atoms with Crippen molar-refractivity contribution in [3.63, 3.8) is 0 Å². The van der Waals surface area contributed by atoms with Gasteiger partial charge in [0.05, 0.1) is 6.54 Å². The third-order valence-corrected chi connectivity index (χ3v) is 7.64. The fraction of sp³-hybridized carbons (Fsp3) is 0.312. The molecule has 10 heteroatoms. The monoisotopic (exact) mass is 391 g/mol. The highest BCUT2D eigenvalue weighted by molar-refractivity contribution is 7.91. The van der Waals surface area contributed by atoms with Crippen LogP contribution in [0.3, 0.4) is 0 Å². The zero-order valence-corrected chi connectivity index (χ0v) is 15.5. The van der Waals surface area contributed by atoms with Gasteiger partial charge >= 0.3 is 0 Å². The molecule has 0 bridgehead atoms. The molecule has 0 aromatic carbocycles. The summed E-state index contributed by atoms with van der Waals surface area (Å²) >= 11 is 1.19. The molecule has 3 aromatic heterocycles. The zero-order valence-electron chi connectivity index (χ0n) is 13.8. The van der Waals surface area contributed by atoms with Crippen LogP contribution in [0.1, 0.15) is 28.2 Å². The second kappa shape index (κ2) is 6.78. The van der Waals surface area contributed by atoms with E-state index >= 15 is 0 Å². The van der Waals surface area contributed by atoms with Crippen molar-refractivity contribution in [2.45, 2.75) is 23.6 Å². The van der Waals surface area contributed by atoms with Gasteiger partial charge in [0, 0.05) is 36.6 Å². The lowest BCUT2D eigenvalue weighted by atomic mass is 10.4. The largest absolute Gasteiger partial charge is 0.346 e. The first-order valence-electron chi connectivity index (χ1n) is 8.21. The number of sulfonamides is 1. The minimum Gasteiger partial charge on any atom is -0.346 e. The Bertz CT molecular complexity index is 1020. The Balaban J connectivity index is 1.43. The van der Waals surface area contributed by atoms with Gasteiger partial charge in [-0.15, -0.1) is 11.3 Å². The fourth-order valence-corrected chi connectivity index (χ4v) is 5.81. The van der Waals surface area contributed by atoms with Crippen molar-refractivity contribution in [1.29, 1.82) is 0 Å². The molecule has 26 heavy (non-hydrogen) atoms. The molecule has 4 heterocycles. The van der Waals surface area contributed by atoms with Crippen molar-refractivity contribution >= 4 is 33.0 Å². The summed E-state index contributed by atoms with van der Waals surface area (Å²) in [5, 5.41) is 2.77. The van der Waals surface area contributed by atoms with Crippen LogP contribution in [-0.4, -0.2) is 46.1 Å². The first-order chi connectivity index (χ1) is 12.5. The number of imidazole rings is 1. The average molecular weight is 391 g/mol. The van der Waals surface area contributed by atoms with Crippen LogP contribution in [0.25, 0.3) is 5.78 Å². The summed E-state index contributed by atoms with van der Waals surface area (Å²) in [5.74, 6) is 0.126. The minimum absolute atomic E-state index is 0.250. The Kier molecular flexibility index (Phi) is 4.47. The number of nitrogens with one attached hydrogen (secondary N) is 1. The van der Waals surface area contributed by atoms with Gasteiger partial charge in [0.2, 0.25) is 5.78 Å². The van der Waals surface area contributed by atoms with Crippen LogP contribution in [0.5, 0.6) is 0 Å². The summed E-state index contributed by atoms with van der Waals surface area (Å²) in [6.07, 6.45) is 6.79. The van der Waals surface area contributed by atoms with Crippen molar-refractivity contribution in [3.8, 4) is 0 Å². The molecule has 0 aliphatic carbocycles. The van der Waals surface area contributed by atoms with Gasteiger partial charge in [-0.2, -0.15) is 4.31 Å². The van der Waals surface area contributed by atoms with E-state index in [0.717, 1.165) is 17.7 Å². The maximum absolute atomic E-state index is 12.5. The third kappa shape index (κ3) is 3.22. The standard InChI is InChI=1S/C16H17N5O3S2/c22-15(13-11-20-7-3-6-17-16(20)19-13)18-10-12-4-5-14(25-12)26(23,24)21-8-1-2-9-21/h3-7,11H,1-2,8-10H2,(H,18,22). The smallest absolute Gasteiger partial charge is 0.271 e. The van der Waals surface area contributed by atoms with Crippen molar-refractivity contribution in [2.75, 3.05) is 13.1 Å². The van der Waals surface area contributed by atoms with Crippen LogP contribution in [0.15, 0.2) is 41.0 Å². The predicted molar refractivity (Wildman–Crippen MR) is 96.5 cm³/mol. The molecule has 1 saturated heterocycles. The maximum atomic E-state index is 12.5. The van der Waals surface area contributed by atoms with E-state index in [1.807, 2.05) is 0 Å². The van der Waals surface area contributed by atoms with Crippen molar-refractivity contribution in [1.82, 2.24) is 24.0 Å². The molecule has 0 radical (unpaired) electrons. The van der Waals surface area contributed by atoms with E-state index in [0.29, 0.717) is 23.1 Å². The van der Waals surface area contributed by atoms with Gasteiger partial charge in [-0.1, -0.05) is 0 Å². The summed E-state index contributed by atoms with van der Waals surface area (Å²) in [4.78, 5) is 21.3. The van der Waals surface area contributed by atoms with Crippen LogP contribution >= 0.6 is 11.3 Å². The Labute approximate surface area is 154 Å². The molecule has 1 amide bonds. The van der Waals surface area contributed by atoms with Gasteiger partial charge in [-0.3, -0.25) is 9.20 Å². The lowest BCUT2D eigenvalue weighted by Gasteiger charge is -2.13. The first-order valence-corrected chi connectivity index (χ1v) is 10.5. The van der Waals surface area contributed by atoms with Gasteiger partial charge in [0.25, 0.3) is 15.9 Å². The zero-order chi connectivity index (χ0) is 18.1. The molecule has 0 saturated carbocycles. The normalized spacial score (nSPS) is 15.5.